The standard InChI is InChI=1S/C15H13ClN2O/c1-10-5-6-13-14(7-10)18(9-15(19)17-13)12-4-2-3-11(16)8-12/h2-8H,9H2,1H3,(H,17,19). The van der Waals surface area contributed by atoms with E-state index in [1.807, 2.05) is 48.2 Å². The predicted molar refractivity (Wildman–Crippen MR) is 78.3 cm³/mol. The Morgan fingerprint density at radius 2 is 2.05 bits per heavy atom. The third-order valence-corrected chi connectivity index (χ3v) is 3.37. The normalized spacial score (nSPS) is 14.0. The molecule has 0 spiro atoms. The minimum absolute atomic E-state index is 0.0173. The number of halogens is 1. The van der Waals surface area contributed by atoms with E-state index >= 15 is 0 Å². The van der Waals surface area contributed by atoms with E-state index in [0.717, 1.165) is 22.6 Å². The average Bonchev–Trinajstić information content (AvgIpc) is 2.38. The van der Waals surface area contributed by atoms with Gasteiger partial charge in [-0.15, -0.1) is 0 Å². The molecule has 19 heavy (non-hydrogen) atoms. The molecule has 4 heteroatoms. The quantitative estimate of drug-likeness (QED) is 0.858. The second kappa shape index (κ2) is 4.59. The van der Waals surface area contributed by atoms with Gasteiger partial charge in [-0.2, -0.15) is 0 Å². The summed E-state index contributed by atoms with van der Waals surface area (Å²) in [4.78, 5) is 13.8. The van der Waals surface area contributed by atoms with Crippen molar-refractivity contribution in [2.24, 2.45) is 0 Å². The minimum atomic E-state index is -0.0173. The fourth-order valence-corrected chi connectivity index (χ4v) is 2.45. The van der Waals surface area contributed by atoms with Crippen molar-refractivity contribution >= 4 is 34.6 Å². The number of nitrogens with zero attached hydrogens (tertiary/aromatic N) is 1. The number of rotatable bonds is 1. The fourth-order valence-electron chi connectivity index (χ4n) is 2.26. The van der Waals surface area contributed by atoms with E-state index in [-0.39, 0.29) is 5.91 Å². The molecule has 1 aliphatic rings. The van der Waals surface area contributed by atoms with Crippen molar-refractivity contribution < 1.29 is 4.79 Å². The molecule has 1 heterocycles. The largest absolute Gasteiger partial charge is 0.330 e. The maximum atomic E-state index is 11.8. The molecule has 2 aromatic carbocycles. The molecule has 96 valence electrons. The first-order chi connectivity index (χ1) is 9.13. The van der Waals surface area contributed by atoms with Gasteiger partial charge in [0.1, 0.15) is 6.54 Å². The summed E-state index contributed by atoms with van der Waals surface area (Å²) in [5.41, 5.74) is 3.92. The molecule has 3 nitrogen and oxygen atoms in total. The van der Waals surface area contributed by atoms with Crippen LogP contribution in [0.4, 0.5) is 17.1 Å². The third-order valence-electron chi connectivity index (χ3n) is 3.14. The summed E-state index contributed by atoms with van der Waals surface area (Å²) in [6.07, 6.45) is 0. The second-order valence-electron chi connectivity index (χ2n) is 4.63. The Hall–Kier alpha value is -2.00. The first-order valence-electron chi connectivity index (χ1n) is 6.07. The van der Waals surface area contributed by atoms with Gasteiger partial charge < -0.3 is 10.2 Å². The summed E-state index contributed by atoms with van der Waals surface area (Å²) in [5.74, 6) is -0.0173. The SMILES string of the molecule is Cc1ccc2c(c1)N(c1cccc(Cl)c1)CC(=O)N2. The number of benzene rings is 2. The highest BCUT2D eigenvalue weighted by molar-refractivity contribution is 6.30. The lowest BCUT2D eigenvalue weighted by molar-refractivity contribution is -0.115. The molecule has 2 aromatic rings. The molecule has 1 N–H and O–H groups in total. The zero-order valence-corrected chi connectivity index (χ0v) is 11.2. The molecule has 1 amide bonds. The highest BCUT2D eigenvalue weighted by Gasteiger charge is 2.23. The van der Waals surface area contributed by atoms with Crippen LogP contribution in [0.3, 0.4) is 0 Å². The van der Waals surface area contributed by atoms with Gasteiger partial charge in [-0.05, 0) is 42.8 Å². The summed E-state index contributed by atoms with van der Waals surface area (Å²) < 4.78 is 0. The van der Waals surface area contributed by atoms with E-state index in [0.29, 0.717) is 11.6 Å². The van der Waals surface area contributed by atoms with Crippen LogP contribution in [-0.4, -0.2) is 12.5 Å². The van der Waals surface area contributed by atoms with Crippen LogP contribution >= 0.6 is 11.6 Å². The predicted octanol–water partition coefficient (Wildman–Crippen LogP) is 3.74. The molecule has 1 aliphatic heterocycles. The van der Waals surface area contributed by atoms with Gasteiger partial charge in [0.25, 0.3) is 0 Å². The van der Waals surface area contributed by atoms with E-state index in [1.54, 1.807) is 0 Å². The Bertz CT molecular complexity index is 654. The summed E-state index contributed by atoms with van der Waals surface area (Å²) >= 11 is 6.03. The van der Waals surface area contributed by atoms with Gasteiger partial charge in [0.05, 0.1) is 11.4 Å². The number of anilines is 3. The molecular weight excluding hydrogens is 260 g/mol. The maximum absolute atomic E-state index is 11.8. The monoisotopic (exact) mass is 272 g/mol. The number of carbonyl (C=O) groups excluding carboxylic acids is 1. The summed E-state index contributed by atoms with van der Waals surface area (Å²) in [7, 11) is 0. The molecular formula is C15H13ClN2O. The molecule has 0 saturated heterocycles. The summed E-state index contributed by atoms with van der Waals surface area (Å²) in [6, 6.07) is 13.5. The van der Waals surface area contributed by atoms with Crippen molar-refractivity contribution in [1.29, 1.82) is 0 Å². The molecule has 0 atom stereocenters. The molecule has 0 fully saturated rings. The van der Waals surface area contributed by atoms with Crippen LogP contribution in [-0.2, 0) is 4.79 Å². The molecule has 3 rings (SSSR count). The Kier molecular flexibility index (Phi) is 2.91. The van der Waals surface area contributed by atoms with Crippen molar-refractivity contribution in [1.82, 2.24) is 0 Å². The van der Waals surface area contributed by atoms with Gasteiger partial charge in [0.2, 0.25) is 5.91 Å². The highest BCUT2D eigenvalue weighted by Crippen LogP contribution is 2.36. The number of carbonyl (C=O) groups is 1. The lowest BCUT2D eigenvalue weighted by atomic mass is 10.1. The first kappa shape index (κ1) is 12.1. The second-order valence-corrected chi connectivity index (χ2v) is 5.07. The van der Waals surface area contributed by atoms with Gasteiger partial charge in [0.15, 0.2) is 0 Å². The summed E-state index contributed by atoms with van der Waals surface area (Å²) in [6.45, 7) is 2.34. The van der Waals surface area contributed by atoms with Crippen molar-refractivity contribution in [2.75, 3.05) is 16.8 Å². The van der Waals surface area contributed by atoms with E-state index in [1.165, 1.54) is 0 Å². The smallest absolute Gasteiger partial charge is 0.244 e. The molecule has 0 aliphatic carbocycles. The van der Waals surface area contributed by atoms with Crippen LogP contribution in [0.1, 0.15) is 5.56 Å². The van der Waals surface area contributed by atoms with Crippen LogP contribution < -0.4 is 10.2 Å². The van der Waals surface area contributed by atoms with Gasteiger partial charge >= 0.3 is 0 Å². The van der Waals surface area contributed by atoms with Crippen molar-refractivity contribution in [3.05, 3.63) is 53.1 Å². The lowest BCUT2D eigenvalue weighted by Gasteiger charge is -2.31. The number of hydrogen-bond donors (Lipinski definition) is 1. The molecule has 0 saturated carbocycles. The van der Waals surface area contributed by atoms with E-state index in [2.05, 4.69) is 11.4 Å². The minimum Gasteiger partial charge on any atom is -0.330 e. The van der Waals surface area contributed by atoms with Crippen molar-refractivity contribution in [2.45, 2.75) is 6.92 Å². The van der Waals surface area contributed by atoms with E-state index in [4.69, 9.17) is 11.6 Å². The fraction of sp³-hybridized carbons (Fsp3) is 0.133. The third kappa shape index (κ3) is 2.29. The first-order valence-corrected chi connectivity index (χ1v) is 6.45. The van der Waals surface area contributed by atoms with Crippen LogP contribution in [0.25, 0.3) is 0 Å². The van der Waals surface area contributed by atoms with Crippen molar-refractivity contribution in [3.8, 4) is 0 Å². The van der Waals surface area contributed by atoms with Gasteiger partial charge in [-0.3, -0.25) is 4.79 Å². The zero-order valence-electron chi connectivity index (χ0n) is 10.5. The van der Waals surface area contributed by atoms with Gasteiger partial charge in [-0.1, -0.05) is 23.7 Å². The number of hydrogen-bond acceptors (Lipinski definition) is 2. The Labute approximate surface area is 116 Å². The Morgan fingerprint density at radius 3 is 2.84 bits per heavy atom. The van der Waals surface area contributed by atoms with Crippen LogP contribution in [0.5, 0.6) is 0 Å². The van der Waals surface area contributed by atoms with Crippen LogP contribution in [0, 0.1) is 6.92 Å². The van der Waals surface area contributed by atoms with Gasteiger partial charge in [0, 0.05) is 10.7 Å². The number of aryl methyl sites for hydroxylation is 1. The maximum Gasteiger partial charge on any atom is 0.244 e. The van der Waals surface area contributed by atoms with Crippen molar-refractivity contribution in [3.63, 3.8) is 0 Å². The van der Waals surface area contributed by atoms with E-state index < -0.39 is 0 Å². The molecule has 0 bridgehead atoms. The number of amides is 1. The summed E-state index contributed by atoms with van der Waals surface area (Å²) in [5, 5.41) is 3.55. The average molecular weight is 273 g/mol. The molecule has 0 aromatic heterocycles. The van der Waals surface area contributed by atoms with Gasteiger partial charge in [-0.25, -0.2) is 0 Å². The number of nitrogens with one attached hydrogen (secondary N) is 1. The topological polar surface area (TPSA) is 32.3 Å². The lowest BCUT2D eigenvalue weighted by Crippen LogP contribution is -2.35. The Morgan fingerprint density at radius 1 is 1.21 bits per heavy atom. The highest BCUT2D eigenvalue weighted by atomic mass is 35.5. The van der Waals surface area contributed by atoms with Crippen LogP contribution in [0.15, 0.2) is 42.5 Å². The zero-order chi connectivity index (χ0) is 13.4. The number of fused-ring (bicyclic) bond motifs is 1. The van der Waals surface area contributed by atoms with Crippen LogP contribution in [0.2, 0.25) is 5.02 Å². The van der Waals surface area contributed by atoms with E-state index in [9.17, 15) is 4.79 Å². The molecule has 0 radical (unpaired) electrons. The Balaban J connectivity index is 2.12. The molecule has 0 unspecified atom stereocenters.